The number of fused-ring (bicyclic) bond motifs is 5. The van der Waals surface area contributed by atoms with Gasteiger partial charge in [0, 0.05) is 22.1 Å². The van der Waals surface area contributed by atoms with E-state index < -0.39 is 5.91 Å². The van der Waals surface area contributed by atoms with Crippen LogP contribution in [-0.4, -0.2) is 15.5 Å². The number of aromatic nitrogens is 2. The molecule has 0 atom stereocenters. The lowest BCUT2D eigenvalue weighted by atomic mass is 10.1. The standard InChI is InChI=1S/C16H11N3O/c17-15(20)9-12-10-5-2-4-8-14(10)19-16(12)11-6-1-3-7-13(11)18-19/h1-9H,(H2,17,20). The summed E-state index contributed by atoms with van der Waals surface area (Å²) >= 11 is 0. The van der Waals surface area contributed by atoms with Gasteiger partial charge in [-0.05, 0) is 12.1 Å². The highest BCUT2D eigenvalue weighted by molar-refractivity contribution is 6.10. The lowest BCUT2D eigenvalue weighted by molar-refractivity contribution is -0.112. The molecule has 0 aliphatic carbocycles. The Morgan fingerprint density at radius 1 is 1.05 bits per heavy atom. The van der Waals surface area contributed by atoms with Crippen molar-refractivity contribution >= 4 is 39.3 Å². The van der Waals surface area contributed by atoms with E-state index in [9.17, 15) is 4.79 Å². The van der Waals surface area contributed by atoms with E-state index in [1.165, 1.54) is 6.08 Å². The number of nitrogens with two attached hydrogens (primary N) is 1. The van der Waals surface area contributed by atoms with Crippen LogP contribution in [0.1, 0.15) is 0 Å². The first-order chi connectivity index (χ1) is 9.75. The van der Waals surface area contributed by atoms with E-state index in [1.54, 1.807) is 0 Å². The second-order valence-electron chi connectivity index (χ2n) is 4.76. The first kappa shape index (κ1) is 11.0. The first-order valence-corrected chi connectivity index (χ1v) is 6.35. The molecule has 96 valence electrons. The van der Waals surface area contributed by atoms with Crippen molar-refractivity contribution < 1.29 is 4.79 Å². The Morgan fingerprint density at radius 2 is 1.75 bits per heavy atom. The topological polar surface area (TPSA) is 60.4 Å². The number of hydrogen-bond acceptors (Lipinski definition) is 2. The van der Waals surface area contributed by atoms with Gasteiger partial charge >= 0.3 is 0 Å². The van der Waals surface area contributed by atoms with E-state index in [0.29, 0.717) is 0 Å². The molecule has 0 bridgehead atoms. The summed E-state index contributed by atoms with van der Waals surface area (Å²) in [4.78, 5) is 11.3. The molecule has 0 aliphatic rings. The van der Waals surface area contributed by atoms with Crippen LogP contribution in [0.3, 0.4) is 0 Å². The number of carbonyl (C=O) groups is 1. The zero-order chi connectivity index (χ0) is 13.7. The van der Waals surface area contributed by atoms with Crippen LogP contribution in [0.5, 0.6) is 0 Å². The molecule has 2 N–H and O–H groups in total. The molecule has 2 aromatic heterocycles. The number of carbonyl (C=O) groups excluding carboxylic acids is 1. The van der Waals surface area contributed by atoms with Crippen molar-refractivity contribution in [2.45, 2.75) is 0 Å². The molecule has 2 heterocycles. The number of nitrogens with zero attached hydrogens (tertiary/aromatic N) is 2. The number of hydrogen-bond donors (Lipinski definition) is 1. The molecule has 0 radical (unpaired) electrons. The molecule has 4 rings (SSSR count). The number of primary amides is 1. The second kappa shape index (κ2) is 3.81. The van der Waals surface area contributed by atoms with Crippen LogP contribution in [0.2, 0.25) is 0 Å². The maximum Gasteiger partial charge on any atom is 0.242 e. The van der Waals surface area contributed by atoms with Gasteiger partial charge in [0.15, 0.2) is 0 Å². The third-order valence-electron chi connectivity index (χ3n) is 3.54. The zero-order valence-electron chi connectivity index (χ0n) is 10.6. The molecule has 4 aromatic rings. The average molecular weight is 261 g/mol. The minimum Gasteiger partial charge on any atom is -0.366 e. The van der Waals surface area contributed by atoms with Crippen LogP contribution < -0.4 is 11.0 Å². The van der Waals surface area contributed by atoms with Gasteiger partial charge in [0.1, 0.15) is 0 Å². The SMILES string of the molecule is NC(=O)C=c1c2ccccc2n2nc3ccccc3c12. The lowest BCUT2D eigenvalue weighted by Crippen LogP contribution is -2.12. The molecule has 2 aromatic carbocycles. The van der Waals surface area contributed by atoms with Crippen molar-refractivity contribution in [1.29, 1.82) is 0 Å². The first-order valence-electron chi connectivity index (χ1n) is 6.35. The second-order valence-corrected chi connectivity index (χ2v) is 4.76. The van der Waals surface area contributed by atoms with Crippen LogP contribution in [0.4, 0.5) is 0 Å². The van der Waals surface area contributed by atoms with E-state index in [4.69, 9.17) is 5.73 Å². The van der Waals surface area contributed by atoms with E-state index in [-0.39, 0.29) is 0 Å². The lowest BCUT2D eigenvalue weighted by Gasteiger charge is -1.90. The van der Waals surface area contributed by atoms with Gasteiger partial charge in [-0.25, -0.2) is 4.52 Å². The molecule has 0 unspecified atom stereocenters. The number of para-hydroxylation sites is 1. The third kappa shape index (κ3) is 1.36. The van der Waals surface area contributed by atoms with Crippen molar-refractivity contribution in [2.75, 3.05) is 0 Å². The Morgan fingerprint density at radius 3 is 2.55 bits per heavy atom. The number of benzene rings is 2. The highest BCUT2D eigenvalue weighted by atomic mass is 16.1. The highest BCUT2D eigenvalue weighted by Crippen LogP contribution is 2.22. The van der Waals surface area contributed by atoms with Crippen molar-refractivity contribution in [1.82, 2.24) is 9.61 Å². The van der Waals surface area contributed by atoms with Crippen LogP contribution in [-0.2, 0) is 4.79 Å². The molecular weight excluding hydrogens is 250 g/mol. The molecule has 4 nitrogen and oxygen atoms in total. The van der Waals surface area contributed by atoms with E-state index >= 15 is 0 Å². The fourth-order valence-corrected chi connectivity index (χ4v) is 2.77. The molecular formula is C16H11N3O. The molecule has 20 heavy (non-hydrogen) atoms. The van der Waals surface area contributed by atoms with Crippen LogP contribution in [0.25, 0.3) is 33.4 Å². The number of amides is 1. The minimum absolute atomic E-state index is 0.450. The fraction of sp³-hybridized carbons (Fsp3) is 0. The van der Waals surface area contributed by atoms with Crippen molar-refractivity contribution in [3.63, 3.8) is 0 Å². The van der Waals surface area contributed by atoms with Crippen molar-refractivity contribution in [3.05, 3.63) is 53.7 Å². The summed E-state index contributed by atoms with van der Waals surface area (Å²) in [7, 11) is 0. The normalized spacial score (nSPS) is 12.7. The number of rotatable bonds is 1. The third-order valence-corrected chi connectivity index (χ3v) is 3.54. The average Bonchev–Trinajstić information content (AvgIpc) is 2.96. The van der Waals surface area contributed by atoms with E-state index in [1.807, 2.05) is 53.0 Å². The van der Waals surface area contributed by atoms with E-state index in [2.05, 4.69) is 5.10 Å². The molecule has 0 saturated heterocycles. The van der Waals surface area contributed by atoms with Gasteiger partial charge in [0.2, 0.25) is 5.91 Å². The quantitative estimate of drug-likeness (QED) is 0.566. The van der Waals surface area contributed by atoms with Gasteiger partial charge in [-0.15, -0.1) is 0 Å². The van der Waals surface area contributed by atoms with Gasteiger partial charge in [-0.3, -0.25) is 4.79 Å². The molecule has 0 saturated carbocycles. The van der Waals surface area contributed by atoms with Crippen molar-refractivity contribution in [3.8, 4) is 0 Å². The van der Waals surface area contributed by atoms with Gasteiger partial charge in [-0.1, -0.05) is 36.4 Å². The summed E-state index contributed by atoms with van der Waals surface area (Å²) in [6, 6.07) is 15.8. The zero-order valence-corrected chi connectivity index (χ0v) is 10.6. The predicted octanol–water partition coefficient (Wildman–Crippen LogP) is 1.63. The smallest absolute Gasteiger partial charge is 0.242 e. The molecule has 1 amide bonds. The molecule has 0 spiro atoms. The predicted molar refractivity (Wildman–Crippen MR) is 79.1 cm³/mol. The summed E-state index contributed by atoms with van der Waals surface area (Å²) in [6.07, 6.45) is 1.48. The maximum absolute atomic E-state index is 11.3. The van der Waals surface area contributed by atoms with E-state index in [0.717, 1.165) is 32.5 Å². The van der Waals surface area contributed by atoms with Crippen molar-refractivity contribution in [2.24, 2.45) is 5.73 Å². The minimum atomic E-state index is -0.450. The van der Waals surface area contributed by atoms with Gasteiger partial charge in [-0.2, -0.15) is 5.10 Å². The van der Waals surface area contributed by atoms with Crippen LogP contribution >= 0.6 is 0 Å². The highest BCUT2D eigenvalue weighted by Gasteiger charge is 2.12. The largest absolute Gasteiger partial charge is 0.366 e. The monoisotopic (exact) mass is 261 g/mol. The Bertz CT molecular complexity index is 1020. The summed E-state index contributed by atoms with van der Waals surface area (Å²) < 4.78 is 1.88. The molecule has 0 aliphatic heterocycles. The van der Waals surface area contributed by atoms with Gasteiger partial charge in [0.05, 0.1) is 16.6 Å². The van der Waals surface area contributed by atoms with Crippen LogP contribution in [0, 0.1) is 0 Å². The molecule has 4 heteroatoms. The Kier molecular flexibility index (Phi) is 2.09. The van der Waals surface area contributed by atoms with Gasteiger partial charge in [0.25, 0.3) is 0 Å². The Labute approximate surface area is 114 Å². The summed E-state index contributed by atoms with van der Waals surface area (Å²) in [5, 5.41) is 7.46. The fourth-order valence-electron chi connectivity index (χ4n) is 2.77. The molecule has 0 fully saturated rings. The summed E-state index contributed by atoms with van der Waals surface area (Å²) in [5.74, 6) is -0.450. The maximum atomic E-state index is 11.3. The Hall–Kier alpha value is -2.88. The summed E-state index contributed by atoms with van der Waals surface area (Å²) in [5.41, 5.74) is 8.17. The summed E-state index contributed by atoms with van der Waals surface area (Å²) in [6.45, 7) is 0. The Balaban J connectivity index is 2.39. The van der Waals surface area contributed by atoms with Gasteiger partial charge < -0.3 is 5.73 Å². The van der Waals surface area contributed by atoms with Crippen LogP contribution in [0.15, 0.2) is 48.5 Å².